The normalized spacial score (nSPS) is 11.6. The Hall–Kier alpha value is -3.65. The van der Waals surface area contributed by atoms with Gasteiger partial charge >= 0.3 is 0 Å². The summed E-state index contributed by atoms with van der Waals surface area (Å²) in [5.41, 5.74) is 6.44. The first-order chi connectivity index (χ1) is 15.2. The predicted molar refractivity (Wildman–Crippen MR) is 127 cm³/mol. The number of nitrogens with one attached hydrogen (secondary N) is 1. The molecule has 1 atom stereocenters. The highest BCUT2D eigenvalue weighted by Crippen LogP contribution is 2.26. The summed E-state index contributed by atoms with van der Waals surface area (Å²) >= 11 is 0. The van der Waals surface area contributed by atoms with E-state index >= 15 is 0 Å². The quantitative estimate of drug-likeness (QED) is 0.384. The van der Waals surface area contributed by atoms with Crippen LogP contribution in [0.3, 0.4) is 0 Å². The van der Waals surface area contributed by atoms with Crippen LogP contribution in [0.4, 0.5) is 0 Å². The zero-order valence-corrected chi connectivity index (χ0v) is 17.8. The summed E-state index contributed by atoms with van der Waals surface area (Å²) in [5.74, 6) is -0.0410. The second-order valence-corrected chi connectivity index (χ2v) is 7.82. The standard InChI is InChI=1S/C29H27NO/c1-22-12-8-10-18-26(22)28(25-16-6-3-7-17-25)30-29(31)27-19-11-9-15-24(27)21-20-23-13-4-2-5-14-23/h2-19,28H,20-21H2,1H3,(H,30,31)/t28-/m0/s1. The van der Waals surface area contributed by atoms with Crippen LogP contribution in [0.1, 0.15) is 44.2 Å². The molecule has 0 saturated heterocycles. The van der Waals surface area contributed by atoms with E-state index in [2.05, 4.69) is 66.8 Å². The molecule has 0 heterocycles. The number of carbonyl (C=O) groups is 1. The van der Waals surface area contributed by atoms with Gasteiger partial charge in [0.15, 0.2) is 0 Å². The highest BCUT2D eigenvalue weighted by molar-refractivity contribution is 5.96. The highest BCUT2D eigenvalue weighted by Gasteiger charge is 2.20. The first-order valence-electron chi connectivity index (χ1n) is 10.8. The zero-order chi connectivity index (χ0) is 21.5. The minimum Gasteiger partial charge on any atom is -0.341 e. The van der Waals surface area contributed by atoms with E-state index in [1.165, 1.54) is 5.56 Å². The fourth-order valence-corrected chi connectivity index (χ4v) is 3.99. The second-order valence-electron chi connectivity index (χ2n) is 7.82. The van der Waals surface area contributed by atoms with Crippen molar-refractivity contribution in [1.29, 1.82) is 0 Å². The van der Waals surface area contributed by atoms with Gasteiger partial charge in [0.05, 0.1) is 6.04 Å². The number of hydrogen-bond donors (Lipinski definition) is 1. The molecule has 0 spiro atoms. The van der Waals surface area contributed by atoms with E-state index in [9.17, 15) is 4.79 Å². The van der Waals surface area contributed by atoms with Gasteiger partial charge in [0.2, 0.25) is 0 Å². The molecule has 0 aliphatic heterocycles. The summed E-state index contributed by atoms with van der Waals surface area (Å²) in [5, 5.41) is 3.31. The number of aryl methyl sites for hydroxylation is 3. The average Bonchev–Trinajstić information content (AvgIpc) is 2.83. The van der Waals surface area contributed by atoms with Crippen LogP contribution in [0, 0.1) is 6.92 Å². The molecule has 0 unspecified atom stereocenters. The minimum atomic E-state index is -0.197. The van der Waals surface area contributed by atoms with Crippen LogP contribution in [0.5, 0.6) is 0 Å². The van der Waals surface area contributed by atoms with Gasteiger partial charge in [-0.1, -0.05) is 103 Å². The van der Waals surface area contributed by atoms with Gasteiger partial charge in [-0.3, -0.25) is 4.79 Å². The topological polar surface area (TPSA) is 29.1 Å². The number of hydrogen-bond acceptors (Lipinski definition) is 1. The van der Waals surface area contributed by atoms with Crippen LogP contribution in [0.25, 0.3) is 0 Å². The van der Waals surface area contributed by atoms with Gasteiger partial charge in [-0.25, -0.2) is 0 Å². The van der Waals surface area contributed by atoms with Crippen molar-refractivity contribution in [3.8, 4) is 0 Å². The predicted octanol–water partition coefficient (Wildman–Crippen LogP) is 6.30. The van der Waals surface area contributed by atoms with E-state index in [1.54, 1.807) is 0 Å². The second kappa shape index (κ2) is 9.90. The highest BCUT2D eigenvalue weighted by atomic mass is 16.1. The first-order valence-corrected chi connectivity index (χ1v) is 10.8. The third kappa shape index (κ3) is 5.10. The fraction of sp³-hybridized carbons (Fsp3) is 0.138. The summed E-state index contributed by atoms with van der Waals surface area (Å²) in [6.45, 7) is 2.09. The van der Waals surface area contributed by atoms with Crippen molar-refractivity contribution >= 4 is 5.91 Å². The van der Waals surface area contributed by atoms with Crippen LogP contribution in [-0.2, 0) is 12.8 Å². The summed E-state index contributed by atoms with van der Waals surface area (Å²) in [7, 11) is 0. The smallest absolute Gasteiger partial charge is 0.252 e. The molecule has 0 aliphatic carbocycles. The fourth-order valence-electron chi connectivity index (χ4n) is 3.99. The molecule has 0 radical (unpaired) electrons. The van der Waals surface area contributed by atoms with Crippen molar-refractivity contribution in [2.75, 3.05) is 0 Å². The summed E-state index contributed by atoms with van der Waals surface area (Å²) in [4.78, 5) is 13.4. The van der Waals surface area contributed by atoms with E-state index in [4.69, 9.17) is 0 Å². The number of rotatable bonds is 7. The summed E-state index contributed by atoms with van der Waals surface area (Å²) in [6.07, 6.45) is 1.74. The zero-order valence-electron chi connectivity index (χ0n) is 17.8. The lowest BCUT2D eigenvalue weighted by Gasteiger charge is -2.22. The largest absolute Gasteiger partial charge is 0.341 e. The lowest BCUT2D eigenvalue weighted by atomic mass is 9.94. The van der Waals surface area contributed by atoms with Crippen molar-refractivity contribution in [3.63, 3.8) is 0 Å². The Labute approximate surface area is 184 Å². The monoisotopic (exact) mass is 405 g/mol. The van der Waals surface area contributed by atoms with E-state index in [1.807, 2.05) is 54.6 Å². The molecule has 4 rings (SSSR count). The summed E-state index contributed by atoms with van der Waals surface area (Å²) < 4.78 is 0. The molecule has 0 saturated carbocycles. The van der Waals surface area contributed by atoms with Crippen LogP contribution in [0.2, 0.25) is 0 Å². The van der Waals surface area contributed by atoms with Crippen LogP contribution in [-0.4, -0.2) is 5.91 Å². The molecule has 31 heavy (non-hydrogen) atoms. The molecule has 2 nitrogen and oxygen atoms in total. The molecule has 1 N–H and O–H groups in total. The molecule has 0 fully saturated rings. The van der Waals surface area contributed by atoms with Crippen LogP contribution >= 0.6 is 0 Å². The van der Waals surface area contributed by atoms with Gasteiger partial charge in [-0.15, -0.1) is 0 Å². The Kier molecular flexibility index (Phi) is 6.59. The van der Waals surface area contributed by atoms with Gasteiger partial charge in [0.1, 0.15) is 0 Å². The lowest BCUT2D eigenvalue weighted by molar-refractivity contribution is 0.0942. The molecule has 0 bridgehead atoms. The van der Waals surface area contributed by atoms with Gasteiger partial charge in [-0.2, -0.15) is 0 Å². The molecule has 0 aliphatic rings. The molecule has 2 heteroatoms. The number of carbonyl (C=O) groups excluding carboxylic acids is 1. The van der Waals surface area contributed by atoms with Crippen molar-refractivity contribution in [1.82, 2.24) is 5.32 Å². The first kappa shape index (κ1) is 20.6. The molecule has 154 valence electrons. The van der Waals surface area contributed by atoms with Crippen molar-refractivity contribution in [3.05, 3.63) is 143 Å². The molecular formula is C29H27NO. The third-order valence-corrected chi connectivity index (χ3v) is 5.70. The van der Waals surface area contributed by atoms with Gasteiger partial charge in [-0.05, 0) is 53.6 Å². The maximum Gasteiger partial charge on any atom is 0.252 e. The van der Waals surface area contributed by atoms with Gasteiger partial charge in [0.25, 0.3) is 5.91 Å². The Morgan fingerprint density at radius 1 is 0.710 bits per heavy atom. The molecule has 0 aromatic heterocycles. The minimum absolute atomic E-state index is 0.0410. The molecule has 4 aromatic carbocycles. The number of amides is 1. The van der Waals surface area contributed by atoms with E-state index < -0.39 is 0 Å². The Bertz CT molecular complexity index is 1140. The maximum atomic E-state index is 13.4. The summed E-state index contributed by atoms with van der Waals surface area (Å²) in [6, 6.07) is 36.5. The Morgan fingerprint density at radius 3 is 2.06 bits per heavy atom. The average molecular weight is 406 g/mol. The van der Waals surface area contributed by atoms with E-state index in [0.717, 1.165) is 40.7 Å². The Balaban J connectivity index is 1.60. The molecular weight excluding hydrogens is 378 g/mol. The molecule has 1 amide bonds. The van der Waals surface area contributed by atoms with Crippen molar-refractivity contribution < 1.29 is 4.79 Å². The van der Waals surface area contributed by atoms with Gasteiger partial charge < -0.3 is 5.32 Å². The third-order valence-electron chi connectivity index (χ3n) is 5.70. The number of benzene rings is 4. The maximum absolute atomic E-state index is 13.4. The van der Waals surface area contributed by atoms with Gasteiger partial charge in [0, 0.05) is 5.56 Å². The lowest BCUT2D eigenvalue weighted by Crippen LogP contribution is -2.30. The van der Waals surface area contributed by atoms with Crippen LogP contribution in [0.15, 0.2) is 109 Å². The SMILES string of the molecule is Cc1ccccc1[C@@H](NC(=O)c1ccccc1CCc1ccccc1)c1ccccc1. The van der Waals surface area contributed by atoms with E-state index in [-0.39, 0.29) is 11.9 Å². The molecule has 4 aromatic rings. The van der Waals surface area contributed by atoms with Crippen molar-refractivity contribution in [2.24, 2.45) is 0 Å². The Morgan fingerprint density at radius 2 is 1.32 bits per heavy atom. The van der Waals surface area contributed by atoms with E-state index in [0.29, 0.717) is 0 Å². The van der Waals surface area contributed by atoms with Crippen molar-refractivity contribution in [2.45, 2.75) is 25.8 Å². The van der Waals surface area contributed by atoms with Crippen LogP contribution < -0.4 is 5.32 Å².